The van der Waals surface area contributed by atoms with Gasteiger partial charge in [-0.15, -0.1) is 0 Å². The number of carbonyl (C=O) groups excluding carboxylic acids is 1. The predicted octanol–water partition coefficient (Wildman–Crippen LogP) is 6.44. The molecule has 1 heterocycles. The van der Waals surface area contributed by atoms with Crippen molar-refractivity contribution < 1.29 is 9.18 Å². The first-order chi connectivity index (χ1) is 14.8. The molecule has 1 aliphatic heterocycles. The predicted molar refractivity (Wildman–Crippen MR) is 128 cm³/mol. The normalized spacial score (nSPS) is 16.7. The van der Waals surface area contributed by atoms with Crippen molar-refractivity contribution in [3.8, 4) is 0 Å². The molecule has 0 aromatic heterocycles. The zero-order valence-corrected chi connectivity index (χ0v) is 19.2. The lowest BCUT2D eigenvalue weighted by atomic mass is 9.97. The zero-order valence-electron chi connectivity index (χ0n) is 18.5. The number of nitrogens with zero attached hydrogens (tertiary/aromatic N) is 1. The molecule has 1 atom stereocenters. The molecule has 0 saturated carbocycles. The summed E-state index contributed by atoms with van der Waals surface area (Å²) < 4.78 is 13.9. The monoisotopic (exact) mass is 440 g/mol. The number of hydrogen-bond acceptors (Lipinski definition) is 2. The molecule has 164 valence electrons. The number of carbonyl (C=O) groups is 1. The van der Waals surface area contributed by atoms with Gasteiger partial charge in [0.1, 0.15) is 5.82 Å². The fourth-order valence-corrected chi connectivity index (χ4v) is 4.20. The average Bonchev–Trinajstić information content (AvgIpc) is 3.12. The Labute approximate surface area is 189 Å². The molecule has 1 fully saturated rings. The smallest absolute Gasteiger partial charge is 0.236 e. The first kappa shape index (κ1) is 23.1. The Bertz CT molecular complexity index is 1010. The molecule has 1 aliphatic rings. The third-order valence-corrected chi connectivity index (χ3v) is 6.07. The highest BCUT2D eigenvalue weighted by Crippen LogP contribution is 2.30. The highest BCUT2D eigenvalue weighted by molar-refractivity contribution is 6.30. The van der Waals surface area contributed by atoms with E-state index in [2.05, 4.69) is 31.8 Å². The summed E-state index contributed by atoms with van der Waals surface area (Å²) >= 11 is 6.21. The Balaban J connectivity index is 1.61. The van der Waals surface area contributed by atoms with E-state index in [1.165, 1.54) is 17.2 Å². The molecular weight excluding hydrogens is 411 g/mol. The molecule has 0 radical (unpaired) electrons. The Morgan fingerprint density at radius 1 is 1.26 bits per heavy atom. The lowest BCUT2D eigenvalue weighted by molar-refractivity contribution is -0.119. The van der Waals surface area contributed by atoms with Gasteiger partial charge in [0.15, 0.2) is 0 Å². The van der Waals surface area contributed by atoms with Crippen molar-refractivity contribution >= 4 is 28.8 Å². The maximum Gasteiger partial charge on any atom is 0.236 e. The number of halogens is 2. The van der Waals surface area contributed by atoms with Gasteiger partial charge in [-0.05, 0) is 79.6 Å². The lowest BCUT2D eigenvalue weighted by Crippen LogP contribution is -2.30. The summed E-state index contributed by atoms with van der Waals surface area (Å²) in [7, 11) is 0. The van der Waals surface area contributed by atoms with Crippen molar-refractivity contribution in [3.63, 3.8) is 0 Å². The van der Waals surface area contributed by atoms with Crippen LogP contribution in [0.25, 0.3) is 5.57 Å². The van der Waals surface area contributed by atoms with Crippen LogP contribution in [0.3, 0.4) is 0 Å². The number of amides is 1. The molecule has 5 heteroatoms. The van der Waals surface area contributed by atoms with Crippen LogP contribution in [0.1, 0.15) is 42.9 Å². The van der Waals surface area contributed by atoms with E-state index in [0.29, 0.717) is 30.8 Å². The van der Waals surface area contributed by atoms with Gasteiger partial charge in [0.05, 0.1) is 5.92 Å². The van der Waals surface area contributed by atoms with Crippen LogP contribution in [0.4, 0.5) is 10.1 Å². The zero-order chi connectivity index (χ0) is 22.5. The van der Waals surface area contributed by atoms with Crippen molar-refractivity contribution in [1.82, 2.24) is 5.32 Å². The summed E-state index contributed by atoms with van der Waals surface area (Å²) in [6.07, 6.45) is 4.63. The Morgan fingerprint density at radius 2 is 2.00 bits per heavy atom. The van der Waals surface area contributed by atoms with Gasteiger partial charge in [-0.25, -0.2) is 4.39 Å². The van der Waals surface area contributed by atoms with Gasteiger partial charge in [0.25, 0.3) is 0 Å². The fourth-order valence-electron chi connectivity index (χ4n) is 4.02. The molecule has 0 bridgehead atoms. The van der Waals surface area contributed by atoms with Crippen molar-refractivity contribution in [3.05, 3.63) is 82.3 Å². The summed E-state index contributed by atoms with van der Waals surface area (Å²) in [5.74, 6) is -0.621. The molecule has 2 aromatic rings. The molecule has 0 spiro atoms. The van der Waals surface area contributed by atoms with Crippen LogP contribution in [-0.2, 0) is 4.79 Å². The Kier molecular flexibility index (Phi) is 7.55. The summed E-state index contributed by atoms with van der Waals surface area (Å²) in [4.78, 5) is 14.6. The van der Waals surface area contributed by atoms with E-state index in [9.17, 15) is 9.18 Å². The van der Waals surface area contributed by atoms with Gasteiger partial charge in [-0.2, -0.15) is 0 Å². The van der Waals surface area contributed by atoms with Gasteiger partial charge in [0, 0.05) is 29.5 Å². The molecular formula is C26H30ClFN2O. The summed E-state index contributed by atoms with van der Waals surface area (Å²) in [6.45, 7) is 11.3. The largest absolute Gasteiger partial charge is 0.388 e. The van der Waals surface area contributed by atoms with Gasteiger partial charge in [-0.1, -0.05) is 43.3 Å². The number of nitrogens with one attached hydrogen (secondary N) is 1. The van der Waals surface area contributed by atoms with E-state index in [0.717, 1.165) is 29.1 Å². The van der Waals surface area contributed by atoms with Crippen LogP contribution in [0.2, 0.25) is 5.02 Å². The first-order valence-corrected chi connectivity index (χ1v) is 11.1. The van der Waals surface area contributed by atoms with Gasteiger partial charge in [-0.3, -0.25) is 4.79 Å². The number of hydrogen-bond donors (Lipinski definition) is 1. The number of allylic oxidation sites excluding steroid dienone is 1. The second kappa shape index (κ2) is 10.1. The van der Waals surface area contributed by atoms with E-state index < -0.39 is 0 Å². The van der Waals surface area contributed by atoms with E-state index in [1.807, 2.05) is 18.2 Å². The third-order valence-electron chi connectivity index (χ3n) is 5.84. The number of rotatable bonds is 8. The third kappa shape index (κ3) is 5.37. The average molecular weight is 441 g/mol. The maximum absolute atomic E-state index is 13.9. The Morgan fingerprint density at radius 3 is 2.71 bits per heavy atom. The summed E-state index contributed by atoms with van der Waals surface area (Å²) in [6, 6.07) is 10.9. The SMILES string of the molecule is C=C(NCC/C(=C/CC)c1cc(Cl)ccc1C)C1CCN(c2ccc(C)c(F)c2)C1=O. The summed E-state index contributed by atoms with van der Waals surface area (Å²) in [5.41, 5.74) is 5.48. The topological polar surface area (TPSA) is 32.3 Å². The van der Waals surface area contributed by atoms with Crippen molar-refractivity contribution in [2.24, 2.45) is 5.92 Å². The standard InChI is InChI=1S/C26H30ClFN2O/c1-5-6-20(24-15-21(27)9-7-17(24)2)11-13-29-19(4)23-12-14-30(26(23)31)22-10-8-18(3)25(28)16-22/h6-10,15-16,23,29H,4-5,11-14H2,1-3H3/b20-6-. The van der Waals surface area contributed by atoms with Crippen molar-refractivity contribution in [2.75, 3.05) is 18.0 Å². The van der Waals surface area contributed by atoms with Crippen LogP contribution in [0.15, 0.2) is 54.8 Å². The molecule has 2 aromatic carbocycles. The number of aryl methyl sites for hydroxylation is 2. The van der Waals surface area contributed by atoms with E-state index >= 15 is 0 Å². The molecule has 1 amide bonds. The summed E-state index contributed by atoms with van der Waals surface area (Å²) in [5, 5.41) is 4.08. The highest BCUT2D eigenvalue weighted by Gasteiger charge is 2.34. The molecule has 3 nitrogen and oxygen atoms in total. The molecule has 1 N–H and O–H groups in total. The molecule has 31 heavy (non-hydrogen) atoms. The lowest BCUT2D eigenvalue weighted by Gasteiger charge is -2.19. The second-order valence-electron chi connectivity index (χ2n) is 8.06. The molecule has 1 unspecified atom stereocenters. The van der Waals surface area contributed by atoms with Gasteiger partial charge < -0.3 is 10.2 Å². The maximum atomic E-state index is 13.9. The Hall–Kier alpha value is -2.59. The second-order valence-corrected chi connectivity index (χ2v) is 8.50. The molecule has 1 saturated heterocycles. The minimum Gasteiger partial charge on any atom is -0.388 e. The minimum atomic E-state index is -0.295. The number of benzene rings is 2. The van der Waals surface area contributed by atoms with Gasteiger partial charge >= 0.3 is 0 Å². The van der Waals surface area contributed by atoms with E-state index in [-0.39, 0.29) is 17.6 Å². The highest BCUT2D eigenvalue weighted by atomic mass is 35.5. The quantitative estimate of drug-likeness (QED) is 0.512. The minimum absolute atomic E-state index is 0.0317. The van der Waals surface area contributed by atoms with Crippen LogP contribution < -0.4 is 10.2 Å². The van der Waals surface area contributed by atoms with E-state index in [1.54, 1.807) is 24.0 Å². The van der Waals surface area contributed by atoms with Gasteiger partial charge in [0.2, 0.25) is 5.91 Å². The first-order valence-electron chi connectivity index (χ1n) is 10.8. The molecule has 3 rings (SSSR count). The van der Waals surface area contributed by atoms with Crippen LogP contribution in [0.5, 0.6) is 0 Å². The number of anilines is 1. The van der Waals surface area contributed by atoms with Crippen molar-refractivity contribution in [2.45, 2.75) is 40.0 Å². The van der Waals surface area contributed by atoms with E-state index in [4.69, 9.17) is 11.6 Å². The van der Waals surface area contributed by atoms with Crippen molar-refractivity contribution in [1.29, 1.82) is 0 Å². The van der Waals surface area contributed by atoms with Crippen LogP contribution in [-0.4, -0.2) is 19.0 Å². The van der Waals surface area contributed by atoms with Crippen LogP contribution >= 0.6 is 11.6 Å². The fraction of sp³-hybridized carbons (Fsp3) is 0.346. The van der Waals surface area contributed by atoms with Crippen LogP contribution in [0, 0.1) is 25.6 Å². The molecule has 0 aliphatic carbocycles.